The van der Waals surface area contributed by atoms with Gasteiger partial charge in [-0.3, -0.25) is 4.79 Å². The second kappa shape index (κ2) is 11.4. The molecule has 1 aromatic carbocycles. The summed E-state index contributed by atoms with van der Waals surface area (Å²) in [7, 11) is -3.86. The lowest BCUT2D eigenvalue weighted by atomic mass is 10.2. The van der Waals surface area contributed by atoms with Crippen molar-refractivity contribution in [3.63, 3.8) is 0 Å². The maximum absolute atomic E-state index is 12.6. The number of carbonyl (C=O) groups is 1. The first kappa shape index (κ1) is 26.6. The van der Waals surface area contributed by atoms with E-state index in [1.54, 1.807) is 16.8 Å². The van der Waals surface area contributed by atoms with Gasteiger partial charge in [0.2, 0.25) is 0 Å². The maximum atomic E-state index is 12.6. The average molecular weight is 563 g/mol. The Kier molecular flexibility index (Phi) is 7.54. The molecule has 0 unspecified atom stereocenters. The highest BCUT2D eigenvalue weighted by Crippen LogP contribution is 2.20. The number of pyridine rings is 1. The summed E-state index contributed by atoms with van der Waals surface area (Å²) in [5.74, 6) is 0.937. The van der Waals surface area contributed by atoms with Gasteiger partial charge in [-0.1, -0.05) is 6.92 Å². The Labute approximate surface area is 229 Å². The quantitative estimate of drug-likeness (QED) is 0.121. The fraction of sp³-hybridized carbons (Fsp3) is 0.200. The van der Waals surface area contributed by atoms with Gasteiger partial charge < -0.3 is 21.2 Å². The Morgan fingerprint density at radius 1 is 1.10 bits per heavy atom. The van der Waals surface area contributed by atoms with E-state index in [2.05, 4.69) is 36.1 Å². The Morgan fingerprint density at radius 3 is 2.65 bits per heavy atom. The first-order valence-electron chi connectivity index (χ1n) is 12.4. The lowest BCUT2D eigenvalue weighted by Crippen LogP contribution is -2.29. The minimum absolute atomic E-state index is 0.00657. The second-order valence-electron chi connectivity index (χ2n) is 8.69. The number of nitrogens with one attached hydrogen (secondary N) is 3. The summed E-state index contributed by atoms with van der Waals surface area (Å²) in [6.45, 7) is 3.12. The molecule has 40 heavy (non-hydrogen) atoms. The standard InChI is InChI=1S/C25H26N10O4S/c1-2-19-14-30-35-23(29-13-18-4-3-11-33(37)15-18)12-22(32-24(19)35)27-9-10-28-25(36)20-5-7-21(8-6-20)40(38,39)34-17-26-16-31-34/h3-8,11-12,14-17,29H,2,9-10,13H2,1H3,(H,27,32)(H,28,36). The fourth-order valence-electron chi connectivity index (χ4n) is 3.95. The zero-order chi connectivity index (χ0) is 28.1. The van der Waals surface area contributed by atoms with Crippen LogP contribution < -0.4 is 20.7 Å². The molecule has 1 amide bonds. The zero-order valence-electron chi connectivity index (χ0n) is 21.4. The van der Waals surface area contributed by atoms with Crippen molar-refractivity contribution in [1.29, 1.82) is 0 Å². The SMILES string of the molecule is CCc1cnn2c(NCc3ccc[n+]([O-])c3)cc(NCCNC(=O)c3ccc(S(=O)(=O)n4cncn4)cc3)nc12. The molecule has 0 aliphatic heterocycles. The molecule has 5 rings (SSSR count). The Morgan fingerprint density at radius 2 is 1.93 bits per heavy atom. The lowest BCUT2D eigenvalue weighted by Gasteiger charge is -2.13. The molecule has 3 N–H and O–H groups in total. The first-order valence-corrected chi connectivity index (χ1v) is 13.8. The number of aryl methyl sites for hydroxylation is 1. The first-order chi connectivity index (χ1) is 19.3. The van der Waals surface area contributed by atoms with Crippen molar-refractivity contribution in [3.8, 4) is 0 Å². The number of amides is 1. The van der Waals surface area contributed by atoms with Gasteiger partial charge >= 0.3 is 0 Å². The van der Waals surface area contributed by atoms with E-state index in [1.165, 1.54) is 36.7 Å². The van der Waals surface area contributed by atoms with Crippen molar-refractivity contribution in [3.05, 3.63) is 95.6 Å². The van der Waals surface area contributed by atoms with E-state index in [0.29, 0.717) is 42.5 Å². The van der Waals surface area contributed by atoms with E-state index in [4.69, 9.17) is 0 Å². The number of anilines is 2. The van der Waals surface area contributed by atoms with Crippen LogP contribution in [0.1, 0.15) is 28.4 Å². The molecule has 0 atom stereocenters. The van der Waals surface area contributed by atoms with Gasteiger partial charge in [-0.25, -0.2) is 9.97 Å². The highest BCUT2D eigenvalue weighted by molar-refractivity contribution is 7.89. The molecule has 0 saturated heterocycles. The minimum Gasteiger partial charge on any atom is -0.619 e. The van der Waals surface area contributed by atoms with Crippen LogP contribution in [0.25, 0.3) is 5.65 Å². The molecule has 0 bridgehead atoms. The summed E-state index contributed by atoms with van der Waals surface area (Å²) >= 11 is 0. The third-order valence-electron chi connectivity index (χ3n) is 6.01. The molecule has 0 radical (unpaired) electrons. The van der Waals surface area contributed by atoms with Gasteiger partial charge in [-0.15, -0.1) is 9.19 Å². The summed E-state index contributed by atoms with van der Waals surface area (Å²) in [5.41, 5.74) is 2.81. The molecule has 0 saturated carbocycles. The molecule has 0 aliphatic carbocycles. The van der Waals surface area contributed by atoms with Gasteiger partial charge in [0, 0.05) is 48.5 Å². The number of fused-ring (bicyclic) bond motifs is 1. The molecule has 15 heteroatoms. The third-order valence-corrected chi connectivity index (χ3v) is 7.56. The van der Waals surface area contributed by atoms with E-state index in [-0.39, 0.29) is 10.8 Å². The number of hydrogen-bond donors (Lipinski definition) is 3. The summed E-state index contributed by atoms with van der Waals surface area (Å²) in [6.07, 6.45) is 7.67. The Hall–Kier alpha value is -5.05. The normalized spacial score (nSPS) is 11.4. The van der Waals surface area contributed by atoms with Crippen LogP contribution in [-0.4, -0.2) is 56.2 Å². The van der Waals surface area contributed by atoms with Crippen LogP contribution in [0.5, 0.6) is 0 Å². The molecule has 0 fully saturated rings. The highest BCUT2D eigenvalue weighted by atomic mass is 32.2. The predicted octanol–water partition coefficient (Wildman–Crippen LogP) is 1.21. The average Bonchev–Trinajstić information content (AvgIpc) is 3.65. The molecule has 14 nitrogen and oxygen atoms in total. The number of nitrogens with zero attached hydrogens (tertiary/aromatic N) is 7. The summed E-state index contributed by atoms with van der Waals surface area (Å²) in [5, 5.41) is 29.0. The maximum Gasteiger partial charge on any atom is 0.284 e. The van der Waals surface area contributed by atoms with E-state index in [0.717, 1.165) is 39.0 Å². The molecule has 0 aliphatic rings. The van der Waals surface area contributed by atoms with E-state index in [1.807, 2.05) is 19.1 Å². The highest BCUT2D eigenvalue weighted by Gasteiger charge is 2.18. The van der Waals surface area contributed by atoms with E-state index >= 15 is 0 Å². The van der Waals surface area contributed by atoms with Gasteiger partial charge in [0.15, 0.2) is 18.0 Å². The predicted molar refractivity (Wildman–Crippen MR) is 145 cm³/mol. The molecular formula is C25H26N10O4S. The monoisotopic (exact) mass is 562 g/mol. The molecule has 206 valence electrons. The van der Waals surface area contributed by atoms with Gasteiger partial charge in [-0.05, 0) is 36.8 Å². The number of hydrogen-bond acceptors (Lipinski definition) is 10. The van der Waals surface area contributed by atoms with Gasteiger partial charge in [-0.2, -0.15) is 22.8 Å². The van der Waals surface area contributed by atoms with Crippen LogP contribution in [0.2, 0.25) is 0 Å². The summed E-state index contributed by atoms with van der Waals surface area (Å²) in [6, 6.07) is 10.9. The fourth-order valence-corrected chi connectivity index (χ4v) is 4.99. The van der Waals surface area contributed by atoms with Crippen molar-refractivity contribution in [2.45, 2.75) is 24.8 Å². The van der Waals surface area contributed by atoms with Crippen molar-refractivity contribution < 1.29 is 17.9 Å². The number of carbonyl (C=O) groups excluding carboxylic acids is 1. The zero-order valence-corrected chi connectivity index (χ0v) is 22.2. The molecule has 4 aromatic heterocycles. The van der Waals surface area contributed by atoms with Crippen LogP contribution in [0.15, 0.2) is 78.6 Å². The van der Waals surface area contributed by atoms with Gasteiger partial charge in [0.25, 0.3) is 15.9 Å². The second-order valence-corrected chi connectivity index (χ2v) is 10.5. The summed E-state index contributed by atoms with van der Waals surface area (Å²) in [4.78, 5) is 20.9. The largest absolute Gasteiger partial charge is 0.619 e. The number of rotatable bonds is 11. The number of aromatic nitrogens is 7. The van der Waals surface area contributed by atoms with Gasteiger partial charge in [0.05, 0.1) is 11.1 Å². The van der Waals surface area contributed by atoms with E-state index in [9.17, 15) is 18.4 Å². The van der Waals surface area contributed by atoms with E-state index < -0.39 is 10.0 Å². The third kappa shape index (κ3) is 5.68. The van der Waals surface area contributed by atoms with Crippen LogP contribution in [0, 0.1) is 5.21 Å². The Bertz CT molecular complexity index is 1740. The molecule has 4 heterocycles. The topological polar surface area (TPSA) is 175 Å². The van der Waals surface area contributed by atoms with Crippen LogP contribution >= 0.6 is 0 Å². The lowest BCUT2D eigenvalue weighted by molar-refractivity contribution is -0.605. The van der Waals surface area contributed by atoms with Crippen molar-refractivity contribution in [2.24, 2.45) is 0 Å². The minimum atomic E-state index is -3.86. The number of benzene rings is 1. The van der Waals surface area contributed by atoms with Gasteiger partial charge in [0.1, 0.15) is 24.3 Å². The molecular weight excluding hydrogens is 536 g/mol. The Balaban J connectivity index is 1.21. The van der Waals surface area contributed by atoms with Crippen molar-refractivity contribution >= 4 is 33.2 Å². The van der Waals surface area contributed by atoms with Crippen molar-refractivity contribution in [2.75, 3.05) is 23.7 Å². The smallest absolute Gasteiger partial charge is 0.284 e. The molecule has 0 spiro atoms. The van der Waals surface area contributed by atoms with Crippen LogP contribution in [-0.2, 0) is 23.0 Å². The van der Waals surface area contributed by atoms with Crippen molar-refractivity contribution in [1.82, 2.24) is 34.1 Å². The molecule has 5 aromatic rings. The summed E-state index contributed by atoms with van der Waals surface area (Å²) < 4.78 is 28.2. The van der Waals surface area contributed by atoms with Crippen LogP contribution in [0.4, 0.5) is 11.6 Å². The van der Waals surface area contributed by atoms with Crippen LogP contribution in [0.3, 0.4) is 0 Å².